The Morgan fingerprint density at radius 3 is 1.97 bits per heavy atom. The zero-order valence-electron chi connectivity index (χ0n) is 24.5. The number of aryl methyl sites for hydroxylation is 1. The molecule has 0 spiro atoms. The largest absolute Gasteiger partial charge is 0.489 e. The highest BCUT2D eigenvalue weighted by molar-refractivity contribution is 6.61. The van der Waals surface area contributed by atoms with E-state index in [4.69, 9.17) is 4.74 Å². The summed E-state index contributed by atoms with van der Waals surface area (Å²) in [7, 11) is -0.645. The van der Waals surface area contributed by atoms with Gasteiger partial charge in [-0.1, -0.05) is 129 Å². The van der Waals surface area contributed by atoms with Crippen molar-refractivity contribution in [3.63, 3.8) is 0 Å². The Hall–Kier alpha value is -2.58. The van der Waals surface area contributed by atoms with E-state index >= 15 is 0 Å². The summed E-state index contributed by atoms with van der Waals surface area (Å²) in [6.07, 6.45) is 1.84. The fourth-order valence-electron chi connectivity index (χ4n) is 5.79. The van der Waals surface area contributed by atoms with E-state index < -0.39 is 8.80 Å². The maximum atomic E-state index is 6.34. The minimum Gasteiger partial charge on any atom is -0.489 e. The first-order valence-corrected chi connectivity index (χ1v) is 15.9. The monoisotopic (exact) mass is 509 g/mol. The number of hydrogen-bond acceptors (Lipinski definition) is 1. The van der Waals surface area contributed by atoms with Crippen molar-refractivity contribution in [1.29, 1.82) is 0 Å². The van der Waals surface area contributed by atoms with Crippen molar-refractivity contribution in [2.45, 2.75) is 90.8 Å². The third-order valence-corrected chi connectivity index (χ3v) is 11.3. The van der Waals surface area contributed by atoms with Gasteiger partial charge in [0.25, 0.3) is 0 Å². The van der Waals surface area contributed by atoms with Crippen LogP contribution in [0.2, 0.25) is 12.1 Å². The summed E-state index contributed by atoms with van der Waals surface area (Å²) < 4.78 is 6.34. The lowest BCUT2D eigenvalue weighted by atomic mass is 9.81. The minimum absolute atomic E-state index is 0.0406. The predicted octanol–water partition coefficient (Wildman–Crippen LogP) is 10.0. The molecular formula is C35H45OSi. The Morgan fingerprint density at radius 1 is 0.811 bits per heavy atom. The maximum Gasteiger partial charge on any atom is 0.130 e. The SMILES string of the molecule is C=CCOc1c(C)cccc1-c1cc(C(C)(C)C)cc2c1C([Si](CC)CC)c1ccc(C(C)(C)C)cc1-2. The van der Waals surface area contributed by atoms with Gasteiger partial charge in [0.15, 0.2) is 0 Å². The highest BCUT2D eigenvalue weighted by atomic mass is 28.3. The molecule has 0 heterocycles. The van der Waals surface area contributed by atoms with Gasteiger partial charge >= 0.3 is 0 Å². The Balaban J connectivity index is 2.12. The molecular weight excluding hydrogens is 464 g/mol. The first kappa shape index (κ1) is 27.5. The lowest BCUT2D eigenvalue weighted by molar-refractivity contribution is 0.362. The first-order chi connectivity index (χ1) is 17.4. The summed E-state index contributed by atoms with van der Waals surface area (Å²) in [6.45, 7) is 25.3. The van der Waals surface area contributed by atoms with Crippen LogP contribution in [0.5, 0.6) is 5.75 Å². The lowest BCUT2D eigenvalue weighted by Gasteiger charge is -2.27. The molecule has 1 radical (unpaired) electrons. The summed E-state index contributed by atoms with van der Waals surface area (Å²) in [5.74, 6) is 0.988. The predicted molar refractivity (Wildman–Crippen MR) is 164 cm³/mol. The van der Waals surface area contributed by atoms with E-state index in [1.165, 1.54) is 62.2 Å². The highest BCUT2D eigenvalue weighted by Crippen LogP contribution is 2.54. The maximum absolute atomic E-state index is 6.34. The summed E-state index contributed by atoms with van der Waals surface area (Å²) >= 11 is 0. The van der Waals surface area contributed by atoms with Crippen LogP contribution in [0.1, 0.15) is 88.7 Å². The lowest BCUT2D eigenvalue weighted by Crippen LogP contribution is -2.22. The van der Waals surface area contributed by atoms with Gasteiger partial charge in [-0.05, 0) is 62.3 Å². The Labute approximate surface area is 227 Å². The molecule has 0 amide bonds. The van der Waals surface area contributed by atoms with Crippen LogP contribution < -0.4 is 4.74 Å². The van der Waals surface area contributed by atoms with Crippen LogP contribution >= 0.6 is 0 Å². The fourth-order valence-corrected chi connectivity index (χ4v) is 8.51. The molecule has 0 aromatic heterocycles. The fraction of sp³-hybridized carbons (Fsp3) is 0.429. The molecule has 1 aliphatic carbocycles. The summed E-state index contributed by atoms with van der Waals surface area (Å²) in [5, 5.41) is 0. The van der Waals surface area contributed by atoms with Crippen molar-refractivity contribution in [3.8, 4) is 28.0 Å². The standard InChI is InChI=1S/C35H45OSi/c1-11-19-36-32-23(4)15-14-16-26(32)29-21-25(35(8,9)10)22-30-28-20-24(34(5,6)7)17-18-27(28)33(31(29)30)37(12-2)13-3/h11,14-18,20-22,33H,1,12-13,19H2,2-10H3. The van der Waals surface area contributed by atoms with Gasteiger partial charge < -0.3 is 4.74 Å². The Morgan fingerprint density at radius 2 is 1.41 bits per heavy atom. The van der Waals surface area contributed by atoms with E-state index in [2.05, 4.69) is 117 Å². The van der Waals surface area contributed by atoms with Crippen LogP contribution in [0, 0.1) is 6.92 Å². The van der Waals surface area contributed by atoms with Crippen LogP contribution in [0.4, 0.5) is 0 Å². The molecule has 1 nitrogen and oxygen atoms in total. The van der Waals surface area contributed by atoms with Crippen molar-refractivity contribution in [2.24, 2.45) is 0 Å². The number of ether oxygens (including phenoxy) is 1. The smallest absolute Gasteiger partial charge is 0.130 e. The van der Waals surface area contributed by atoms with Gasteiger partial charge in [-0.15, -0.1) is 0 Å². The molecule has 1 unspecified atom stereocenters. The second kappa shape index (κ2) is 10.3. The average Bonchev–Trinajstić information content (AvgIpc) is 3.16. The molecule has 3 aromatic carbocycles. The third-order valence-electron chi connectivity index (χ3n) is 8.02. The van der Waals surface area contributed by atoms with Crippen LogP contribution in [-0.2, 0) is 10.8 Å². The number of fused-ring (bicyclic) bond motifs is 3. The number of rotatable bonds is 7. The normalized spacial score (nSPS) is 15.0. The molecule has 3 aromatic rings. The topological polar surface area (TPSA) is 9.23 Å². The van der Waals surface area contributed by atoms with Gasteiger partial charge in [0, 0.05) is 11.1 Å². The molecule has 1 aliphatic rings. The van der Waals surface area contributed by atoms with Crippen molar-refractivity contribution >= 4 is 8.80 Å². The minimum atomic E-state index is -0.645. The van der Waals surface area contributed by atoms with E-state index in [1.807, 2.05) is 6.08 Å². The van der Waals surface area contributed by atoms with Gasteiger partial charge in [-0.25, -0.2) is 0 Å². The molecule has 0 bridgehead atoms. The molecule has 0 N–H and O–H groups in total. The quantitative estimate of drug-likeness (QED) is 0.227. The zero-order chi connectivity index (χ0) is 27.1. The summed E-state index contributed by atoms with van der Waals surface area (Å²) in [5.41, 5.74) is 13.1. The second-order valence-corrected chi connectivity index (χ2v) is 15.9. The van der Waals surface area contributed by atoms with Gasteiger partial charge in [0.1, 0.15) is 12.4 Å². The first-order valence-electron chi connectivity index (χ1n) is 13.9. The Kier molecular flexibility index (Phi) is 7.63. The van der Waals surface area contributed by atoms with Crippen molar-refractivity contribution in [3.05, 3.63) is 89.0 Å². The zero-order valence-corrected chi connectivity index (χ0v) is 25.5. The number of hydrogen-bond donors (Lipinski definition) is 0. The molecule has 4 rings (SSSR count). The average molecular weight is 510 g/mol. The molecule has 195 valence electrons. The third kappa shape index (κ3) is 5.10. The van der Waals surface area contributed by atoms with Crippen LogP contribution in [-0.4, -0.2) is 15.4 Å². The van der Waals surface area contributed by atoms with Crippen molar-refractivity contribution < 1.29 is 4.74 Å². The Bertz CT molecular complexity index is 1300. The highest BCUT2D eigenvalue weighted by Gasteiger charge is 2.38. The molecule has 0 fully saturated rings. The molecule has 1 atom stereocenters. The summed E-state index contributed by atoms with van der Waals surface area (Å²) in [4.78, 5) is 0. The molecule has 2 heteroatoms. The van der Waals surface area contributed by atoms with E-state index in [0.29, 0.717) is 12.1 Å². The molecule has 0 aliphatic heterocycles. The molecule has 37 heavy (non-hydrogen) atoms. The van der Waals surface area contributed by atoms with Crippen LogP contribution in [0.3, 0.4) is 0 Å². The van der Waals surface area contributed by atoms with Gasteiger partial charge in [0.2, 0.25) is 0 Å². The summed E-state index contributed by atoms with van der Waals surface area (Å²) in [6, 6.07) is 21.5. The van der Waals surface area contributed by atoms with Crippen LogP contribution in [0.15, 0.2) is 61.2 Å². The van der Waals surface area contributed by atoms with Gasteiger partial charge in [-0.3, -0.25) is 0 Å². The van der Waals surface area contributed by atoms with E-state index in [9.17, 15) is 0 Å². The molecule has 0 saturated carbocycles. The van der Waals surface area contributed by atoms with E-state index in [-0.39, 0.29) is 10.8 Å². The van der Waals surface area contributed by atoms with Gasteiger partial charge in [-0.2, -0.15) is 0 Å². The molecule has 0 saturated heterocycles. The number of benzene rings is 3. The van der Waals surface area contributed by atoms with E-state index in [1.54, 1.807) is 0 Å². The van der Waals surface area contributed by atoms with Crippen LogP contribution in [0.25, 0.3) is 22.3 Å². The van der Waals surface area contributed by atoms with Crippen molar-refractivity contribution in [2.75, 3.05) is 6.61 Å². The van der Waals surface area contributed by atoms with E-state index in [0.717, 1.165) is 5.75 Å². The number of para-hydroxylation sites is 1. The van der Waals surface area contributed by atoms with Gasteiger partial charge in [0.05, 0.1) is 8.80 Å². The second-order valence-electron chi connectivity index (χ2n) is 12.6. The van der Waals surface area contributed by atoms with Crippen molar-refractivity contribution in [1.82, 2.24) is 0 Å².